The molecule has 1 aliphatic heterocycles. The Hall–Kier alpha value is -0.120. The van der Waals surface area contributed by atoms with Crippen molar-refractivity contribution in [3.8, 4) is 0 Å². The van der Waals surface area contributed by atoms with Gasteiger partial charge in [0.25, 0.3) is 0 Å². The largest absolute Gasteiger partial charge is 0.379 e. The monoisotopic (exact) mass is 284 g/mol. The lowest BCUT2D eigenvalue weighted by atomic mass is 10.1. The molecule has 1 heterocycles. The summed E-state index contributed by atoms with van der Waals surface area (Å²) in [7, 11) is 0. The van der Waals surface area contributed by atoms with E-state index in [-0.39, 0.29) is 0 Å². The molecule has 0 spiro atoms. The second kappa shape index (κ2) is 12.6. The van der Waals surface area contributed by atoms with Gasteiger partial charge in [0.05, 0.1) is 13.2 Å². The quantitative estimate of drug-likeness (QED) is 0.538. The van der Waals surface area contributed by atoms with E-state index >= 15 is 0 Å². The summed E-state index contributed by atoms with van der Waals surface area (Å²) >= 11 is 0. The SMILES string of the molecule is CCCCCCCCCCNC(C)CC1COCCN1. The fourth-order valence-corrected chi connectivity index (χ4v) is 2.89. The molecule has 0 aromatic heterocycles. The van der Waals surface area contributed by atoms with E-state index in [1.165, 1.54) is 64.3 Å². The molecule has 0 aromatic carbocycles. The molecule has 0 aliphatic carbocycles. The van der Waals surface area contributed by atoms with Crippen molar-refractivity contribution in [2.75, 3.05) is 26.3 Å². The maximum atomic E-state index is 5.49. The summed E-state index contributed by atoms with van der Waals surface area (Å²) in [5.74, 6) is 0. The van der Waals surface area contributed by atoms with E-state index in [0.717, 1.165) is 19.8 Å². The van der Waals surface area contributed by atoms with Gasteiger partial charge in [-0.25, -0.2) is 0 Å². The Bertz CT molecular complexity index is 205. The number of nitrogens with one attached hydrogen (secondary N) is 2. The molecule has 2 atom stereocenters. The molecule has 120 valence electrons. The molecule has 1 fully saturated rings. The number of hydrogen-bond acceptors (Lipinski definition) is 3. The van der Waals surface area contributed by atoms with E-state index in [1.807, 2.05) is 0 Å². The highest BCUT2D eigenvalue weighted by Crippen LogP contribution is 2.08. The van der Waals surface area contributed by atoms with Crippen LogP contribution in [-0.2, 0) is 4.74 Å². The van der Waals surface area contributed by atoms with E-state index < -0.39 is 0 Å². The van der Waals surface area contributed by atoms with Crippen LogP contribution in [0.4, 0.5) is 0 Å². The molecule has 0 amide bonds. The van der Waals surface area contributed by atoms with Crippen LogP contribution < -0.4 is 10.6 Å². The van der Waals surface area contributed by atoms with Crippen molar-refractivity contribution in [2.45, 2.75) is 83.7 Å². The van der Waals surface area contributed by atoms with Gasteiger partial charge in [-0.1, -0.05) is 51.9 Å². The van der Waals surface area contributed by atoms with Gasteiger partial charge >= 0.3 is 0 Å². The molecular weight excluding hydrogens is 248 g/mol. The minimum absolute atomic E-state index is 0.546. The molecule has 3 nitrogen and oxygen atoms in total. The molecule has 1 aliphatic rings. The average molecular weight is 284 g/mol. The third-order valence-electron chi connectivity index (χ3n) is 4.16. The minimum atomic E-state index is 0.546. The van der Waals surface area contributed by atoms with Crippen LogP contribution in [0.2, 0.25) is 0 Å². The van der Waals surface area contributed by atoms with Gasteiger partial charge in [0, 0.05) is 18.6 Å². The average Bonchev–Trinajstić information content (AvgIpc) is 2.46. The van der Waals surface area contributed by atoms with Gasteiger partial charge in [-0.3, -0.25) is 0 Å². The van der Waals surface area contributed by atoms with Crippen molar-refractivity contribution < 1.29 is 4.74 Å². The number of ether oxygens (including phenoxy) is 1. The molecule has 2 unspecified atom stereocenters. The van der Waals surface area contributed by atoms with E-state index in [9.17, 15) is 0 Å². The van der Waals surface area contributed by atoms with E-state index in [2.05, 4.69) is 24.5 Å². The maximum Gasteiger partial charge on any atom is 0.0620 e. The Morgan fingerprint density at radius 1 is 1.10 bits per heavy atom. The molecule has 0 saturated carbocycles. The lowest BCUT2D eigenvalue weighted by Crippen LogP contribution is -2.45. The second-order valence-corrected chi connectivity index (χ2v) is 6.29. The van der Waals surface area contributed by atoms with Crippen LogP contribution in [-0.4, -0.2) is 38.4 Å². The van der Waals surface area contributed by atoms with Gasteiger partial charge in [-0.2, -0.15) is 0 Å². The van der Waals surface area contributed by atoms with Gasteiger partial charge in [0.15, 0.2) is 0 Å². The summed E-state index contributed by atoms with van der Waals surface area (Å²) in [6.45, 7) is 8.50. The predicted octanol–water partition coefficient (Wildman–Crippen LogP) is 3.48. The van der Waals surface area contributed by atoms with E-state index in [1.54, 1.807) is 0 Å². The van der Waals surface area contributed by atoms with Crippen LogP contribution in [0.5, 0.6) is 0 Å². The minimum Gasteiger partial charge on any atom is -0.379 e. The standard InChI is InChI=1S/C17H36N2O/c1-3-4-5-6-7-8-9-10-11-18-16(2)14-17-15-20-13-12-19-17/h16-19H,3-15H2,1-2H3. The van der Waals surface area contributed by atoms with Gasteiger partial charge in [0.1, 0.15) is 0 Å². The Kier molecular flexibility index (Phi) is 11.3. The zero-order chi connectivity index (χ0) is 14.5. The highest BCUT2D eigenvalue weighted by Gasteiger charge is 2.15. The summed E-state index contributed by atoms with van der Waals surface area (Å²) in [5, 5.41) is 7.17. The molecule has 0 radical (unpaired) electrons. The van der Waals surface area contributed by atoms with Gasteiger partial charge in [0.2, 0.25) is 0 Å². The number of rotatable bonds is 12. The third-order valence-corrected chi connectivity index (χ3v) is 4.16. The molecule has 0 aromatic rings. The van der Waals surface area contributed by atoms with Gasteiger partial charge < -0.3 is 15.4 Å². The number of morpholine rings is 1. The summed E-state index contributed by atoms with van der Waals surface area (Å²) in [6.07, 6.45) is 12.4. The molecule has 3 heteroatoms. The maximum absolute atomic E-state index is 5.49. The first kappa shape index (κ1) is 17.9. The molecule has 20 heavy (non-hydrogen) atoms. The molecule has 1 saturated heterocycles. The van der Waals surface area contributed by atoms with Gasteiger partial charge in [-0.05, 0) is 26.3 Å². The Labute approximate surface area is 126 Å². The van der Waals surface area contributed by atoms with Crippen molar-refractivity contribution in [1.29, 1.82) is 0 Å². The van der Waals surface area contributed by atoms with Crippen molar-refractivity contribution in [1.82, 2.24) is 10.6 Å². The molecule has 2 N–H and O–H groups in total. The molecule has 0 bridgehead atoms. The van der Waals surface area contributed by atoms with E-state index in [4.69, 9.17) is 4.74 Å². The Balaban J connectivity index is 1.83. The van der Waals surface area contributed by atoms with Crippen molar-refractivity contribution in [3.05, 3.63) is 0 Å². The topological polar surface area (TPSA) is 33.3 Å². The van der Waals surface area contributed by atoms with Crippen LogP contribution in [0.15, 0.2) is 0 Å². The summed E-state index contributed by atoms with van der Waals surface area (Å²) < 4.78 is 5.49. The third kappa shape index (κ3) is 9.73. The number of hydrogen-bond donors (Lipinski definition) is 2. The molecular formula is C17H36N2O. The Morgan fingerprint density at radius 3 is 2.45 bits per heavy atom. The summed E-state index contributed by atoms with van der Waals surface area (Å²) in [6, 6.07) is 1.14. The summed E-state index contributed by atoms with van der Waals surface area (Å²) in [5.41, 5.74) is 0. The van der Waals surface area contributed by atoms with Crippen molar-refractivity contribution >= 4 is 0 Å². The fraction of sp³-hybridized carbons (Fsp3) is 1.00. The normalized spacial score (nSPS) is 21.0. The lowest BCUT2D eigenvalue weighted by molar-refractivity contribution is 0.0712. The first-order valence-electron chi connectivity index (χ1n) is 8.87. The van der Waals surface area contributed by atoms with Crippen LogP contribution in [0.1, 0.15) is 71.6 Å². The van der Waals surface area contributed by atoms with Crippen molar-refractivity contribution in [2.24, 2.45) is 0 Å². The molecule has 1 rings (SSSR count). The first-order valence-corrected chi connectivity index (χ1v) is 8.87. The Morgan fingerprint density at radius 2 is 1.80 bits per heavy atom. The van der Waals surface area contributed by atoms with Crippen LogP contribution in [0, 0.1) is 0 Å². The van der Waals surface area contributed by atoms with Crippen molar-refractivity contribution in [3.63, 3.8) is 0 Å². The number of unbranched alkanes of at least 4 members (excludes halogenated alkanes) is 7. The van der Waals surface area contributed by atoms with Crippen LogP contribution in [0.3, 0.4) is 0 Å². The first-order chi connectivity index (χ1) is 9.83. The predicted molar refractivity (Wildman–Crippen MR) is 87.3 cm³/mol. The van der Waals surface area contributed by atoms with Crippen LogP contribution in [0.25, 0.3) is 0 Å². The van der Waals surface area contributed by atoms with Crippen LogP contribution >= 0.6 is 0 Å². The lowest BCUT2D eigenvalue weighted by Gasteiger charge is -2.26. The zero-order valence-electron chi connectivity index (χ0n) is 13.8. The highest BCUT2D eigenvalue weighted by molar-refractivity contribution is 4.75. The fourth-order valence-electron chi connectivity index (χ4n) is 2.89. The zero-order valence-corrected chi connectivity index (χ0v) is 13.8. The highest BCUT2D eigenvalue weighted by atomic mass is 16.5. The van der Waals surface area contributed by atoms with Gasteiger partial charge in [-0.15, -0.1) is 0 Å². The summed E-state index contributed by atoms with van der Waals surface area (Å²) in [4.78, 5) is 0. The second-order valence-electron chi connectivity index (χ2n) is 6.29. The van der Waals surface area contributed by atoms with E-state index in [0.29, 0.717) is 12.1 Å². The smallest absolute Gasteiger partial charge is 0.0620 e.